The predicted molar refractivity (Wildman–Crippen MR) is 119 cm³/mol. The summed E-state index contributed by atoms with van der Waals surface area (Å²) < 4.78 is 5.42. The van der Waals surface area contributed by atoms with Gasteiger partial charge in [0.05, 0.1) is 10.6 Å². The second-order valence-electron chi connectivity index (χ2n) is 6.19. The smallest absolute Gasteiger partial charge is 0.345 e. The van der Waals surface area contributed by atoms with Crippen molar-refractivity contribution >= 4 is 47.1 Å². The third kappa shape index (κ3) is 6.18. The molecular formula is C23H16Cl2N2O4. The topological polar surface area (TPSA) is 84.5 Å². The summed E-state index contributed by atoms with van der Waals surface area (Å²) in [5.74, 6) is -1.44. The minimum Gasteiger partial charge on any atom is -0.422 e. The van der Waals surface area contributed by atoms with E-state index < -0.39 is 17.8 Å². The van der Waals surface area contributed by atoms with Gasteiger partial charge in [-0.3, -0.25) is 20.4 Å². The molecule has 0 unspecified atom stereocenters. The Labute approximate surface area is 188 Å². The van der Waals surface area contributed by atoms with Crippen LogP contribution in [0.4, 0.5) is 0 Å². The molecule has 3 rings (SSSR count). The van der Waals surface area contributed by atoms with E-state index in [1.165, 1.54) is 30.4 Å². The van der Waals surface area contributed by atoms with Crippen LogP contribution >= 0.6 is 23.2 Å². The van der Waals surface area contributed by atoms with Crippen LogP contribution in [0.15, 0.2) is 78.9 Å². The first kappa shape index (κ1) is 22.1. The van der Waals surface area contributed by atoms with Crippen LogP contribution in [0.25, 0.3) is 6.08 Å². The van der Waals surface area contributed by atoms with Crippen LogP contribution in [-0.4, -0.2) is 17.8 Å². The first-order chi connectivity index (χ1) is 14.9. The zero-order valence-corrected chi connectivity index (χ0v) is 17.5. The Kier molecular flexibility index (Phi) is 7.43. The third-order valence-electron chi connectivity index (χ3n) is 4.02. The van der Waals surface area contributed by atoms with Gasteiger partial charge in [-0.05, 0) is 42.5 Å². The Bertz CT molecular complexity index is 1150. The van der Waals surface area contributed by atoms with E-state index in [1.807, 2.05) is 0 Å². The number of hydrogen-bond donors (Lipinski definition) is 2. The van der Waals surface area contributed by atoms with Crippen LogP contribution in [0.2, 0.25) is 10.0 Å². The highest BCUT2D eigenvalue weighted by Crippen LogP contribution is 2.25. The number of benzene rings is 3. The molecule has 0 aliphatic carbocycles. The van der Waals surface area contributed by atoms with Crippen molar-refractivity contribution in [2.45, 2.75) is 0 Å². The molecule has 2 amide bonds. The monoisotopic (exact) mass is 454 g/mol. The predicted octanol–water partition coefficient (Wildman–Crippen LogP) is 4.69. The van der Waals surface area contributed by atoms with Crippen molar-refractivity contribution in [1.29, 1.82) is 0 Å². The Morgan fingerprint density at radius 3 is 2.29 bits per heavy atom. The molecule has 8 heteroatoms. The van der Waals surface area contributed by atoms with Crippen molar-refractivity contribution in [3.8, 4) is 5.75 Å². The number of rotatable bonds is 5. The summed E-state index contributed by atoms with van der Waals surface area (Å²) in [6.07, 6.45) is 2.66. The second kappa shape index (κ2) is 10.4. The molecule has 156 valence electrons. The maximum Gasteiger partial charge on any atom is 0.345 e. The molecule has 0 aliphatic heterocycles. The van der Waals surface area contributed by atoms with Gasteiger partial charge in [-0.25, -0.2) is 4.79 Å². The van der Waals surface area contributed by atoms with Gasteiger partial charge in [0.2, 0.25) is 0 Å². The van der Waals surface area contributed by atoms with Gasteiger partial charge in [0.15, 0.2) is 0 Å². The lowest BCUT2D eigenvalue weighted by Gasteiger charge is -2.09. The SMILES string of the molecule is O=C(/C=C/c1ccccc1OC(=O)c1ccc(Cl)cc1Cl)NNC(=O)c1ccccc1. The van der Waals surface area contributed by atoms with E-state index in [1.54, 1.807) is 54.6 Å². The molecular weight excluding hydrogens is 439 g/mol. The molecule has 0 saturated carbocycles. The lowest BCUT2D eigenvalue weighted by Crippen LogP contribution is -2.40. The molecule has 0 bridgehead atoms. The number of hydrazine groups is 1. The number of esters is 1. The van der Waals surface area contributed by atoms with Gasteiger partial charge in [0.1, 0.15) is 5.75 Å². The molecule has 0 atom stereocenters. The van der Waals surface area contributed by atoms with Gasteiger partial charge in [0, 0.05) is 22.2 Å². The van der Waals surface area contributed by atoms with E-state index in [9.17, 15) is 14.4 Å². The highest BCUT2D eigenvalue weighted by molar-refractivity contribution is 6.36. The minimum atomic E-state index is -0.665. The lowest BCUT2D eigenvalue weighted by atomic mass is 10.2. The van der Waals surface area contributed by atoms with Crippen LogP contribution in [0.3, 0.4) is 0 Å². The fraction of sp³-hybridized carbons (Fsp3) is 0. The van der Waals surface area contributed by atoms with Gasteiger partial charge < -0.3 is 4.74 Å². The Balaban J connectivity index is 1.64. The molecule has 6 nitrogen and oxygen atoms in total. The standard InChI is InChI=1S/C23H16Cl2N2O4/c24-17-11-12-18(19(25)14-17)23(30)31-20-9-5-4-6-15(20)10-13-21(28)26-27-22(29)16-7-2-1-3-8-16/h1-14H,(H,26,28)(H,27,29)/b13-10+. The fourth-order valence-corrected chi connectivity index (χ4v) is 2.99. The number of para-hydroxylation sites is 1. The zero-order valence-electron chi connectivity index (χ0n) is 16.0. The van der Waals surface area contributed by atoms with Crippen molar-refractivity contribution in [2.24, 2.45) is 0 Å². The number of carbonyl (C=O) groups is 3. The molecule has 3 aromatic rings. The van der Waals surface area contributed by atoms with Gasteiger partial charge >= 0.3 is 5.97 Å². The molecule has 0 saturated heterocycles. The molecule has 0 heterocycles. The Morgan fingerprint density at radius 2 is 1.55 bits per heavy atom. The quantitative estimate of drug-likeness (QED) is 0.253. The number of carbonyl (C=O) groups excluding carboxylic acids is 3. The van der Waals surface area contributed by atoms with Gasteiger partial charge in [-0.15, -0.1) is 0 Å². The number of amides is 2. The normalized spacial score (nSPS) is 10.5. The van der Waals surface area contributed by atoms with Gasteiger partial charge in [0.25, 0.3) is 11.8 Å². The zero-order chi connectivity index (χ0) is 22.2. The summed E-state index contributed by atoms with van der Waals surface area (Å²) >= 11 is 11.9. The van der Waals surface area contributed by atoms with Crippen molar-refractivity contribution in [3.63, 3.8) is 0 Å². The summed E-state index contributed by atoms with van der Waals surface area (Å²) in [7, 11) is 0. The number of hydrogen-bond acceptors (Lipinski definition) is 4. The number of ether oxygens (including phenoxy) is 1. The van der Waals surface area contributed by atoms with Crippen molar-refractivity contribution in [3.05, 3.63) is 106 Å². The maximum absolute atomic E-state index is 12.4. The van der Waals surface area contributed by atoms with Gasteiger partial charge in [-0.2, -0.15) is 0 Å². The fourth-order valence-electron chi connectivity index (χ4n) is 2.51. The Morgan fingerprint density at radius 1 is 0.839 bits per heavy atom. The molecule has 31 heavy (non-hydrogen) atoms. The van der Waals surface area contributed by atoms with E-state index in [0.717, 1.165) is 0 Å². The van der Waals surface area contributed by atoms with Crippen LogP contribution in [-0.2, 0) is 4.79 Å². The number of halogens is 2. The summed E-state index contributed by atoms with van der Waals surface area (Å²) in [5.41, 5.74) is 5.64. The van der Waals surface area contributed by atoms with Crippen LogP contribution in [0.1, 0.15) is 26.3 Å². The van der Waals surface area contributed by atoms with Crippen LogP contribution in [0, 0.1) is 0 Å². The average Bonchev–Trinajstić information content (AvgIpc) is 2.77. The molecule has 3 aromatic carbocycles. The highest BCUT2D eigenvalue weighted by Gasteiger charge is 2.14. The lowest BCUT2D eigenvalue weighted by molar-refractivity contribution is -0.117. The summed E-state index contributed by atoms with van der Waals surface area (Å²) in [5, 5.41) is 0.564. The van der Waals surface area contributed by atoms with Crippen LogP contribution < -0.4 is 15.6 Å². The van der Waals surface area contributed by atoms with E-state index in [4.69, 9.17) is 27.9 Å². The molecule has 0 aliphatic rings. The third-order valence-corrected chi connectivity index (χ3v) is 4.57. The second-order valence-corrected chi connectivity index (χ2v) is 7.04. The molecule has 0 aromatic heterocycles. The maximum atomic E-state index is 12.4. The molecule has 0 fully saturated rings. The largest absolute Gasteiger partial charge is 0.422 e. The van der Waals surface area contributed by atoms with E-state index in [-0.39, 0.29) is 16.3 Å². The summed E-state index contributed by atoms with van der Waals surface area (Å²) in [4.78, 5) is 36.4. The average molecular weight is 455 g/mol. The molecule has 2 N–H and O–H groups in total. The van der Waals surface area contributed by atoms with E-state index in [0.29, 0.717) is 16.1 Å². The summed E-state index contributed by atoms with van der Waals surface area (Å²) in [6.45, 7) is 0. The summed E-state index contributed by atoms with van der Waals surface area (Å²) in [6, 6.07) is 19.5. The van der Waals surface area contributed by atoms with Crippen molar-refractivity contribution < 1.29 is 19.1 Å². The first-order valence-corrected chi connectivity index (χ1v) is 9.79. The Hall–Kier alpha value is -3.61. The number of nitrogens with one attached hydrogen (secondary N) is 2. The first-order valence-electron chi connectivity index (χ1n) is 9.04. The highest BCUT2D eigenvalue weighted by atomic mass is 35.5. The van der Waals surface area contributed by atoms with Crippen molar-refractivity contribution in [1.82, 2.24) is 10.9 Å². The minimum absolute atomic E-state index is 0.159. The van der Waals surface area contributed by atoms with E-state index >= 15 is 0 Å². The molecule has 0 spiro atoms. The molecule has 0 radical (unpaired) electrons. The van der Waals surface area contributed by atoms with E-state index in [2.05, 4.69) is 10.9 Å². The van der Waals surface area contributed by atoms with Crippen molar-refractivity contribution in [2.75, 3.05) is 0 Å². The van der Waals surface area contributed by atoms with Crippen LogP contribution in [0.5, 0.6) is 5.75 Å². The van der Waals surface area contributed by atoms with Gasteiger partial charge in [-0.1, -0.05) is 59.6 Å².